The Morgan fingerprint density at radius 2 is 2.12 bits per heavy atom. The Morgan fingerprint density at radius 1 is 1.29 bits per heavy atom. The lowest BCUT2D eigenvalue weighted by molar-refractivity contribution is 0.649. The summed E-state index contributed by atoms with van der Waals surface area (Å²) >= 11 is 1.72. The zero-order valence-electron chi connectivity index (χ0n) is 14.5. The van der Waals surface area contributed by atoms with E-state index < -0.39 is 0 Å². The highest BCUT2D eigenvalue weighted by Crippen LogP contribution is 2.20. The lowest BCUT2D eigenvalue weighted by Gasteiger charge is -2.20. The number of anilines is 1. The molecule has 4 nitrogen and oxygen atoms in total. The van der Waals surface area contributed by atoms with Crippen LogP contribution < -0.4 is 15.5 Å². The fourth-order valence-corrected chi connectivity index (χ4v) is 3.59. The monoisotopic (exact) mass is 342 g/mol. The molecule has 0 bridgehead atoms. The van der Waals surface area contributed by atoms with Crippen LogP contribution in [0.2, 0.25) is 0 Å². The Bertz CT molecular complexity index is 649. The second kappa shape index (κ2) is 8.20. The van der Waals surface area contributed by atoms with E-state index in [0.29, 0.717) is 6.04 Å². The van der Waals surface area contributed by atoms with Gasteiger partial charge < -0.3 is 15.5 Å². The largest absolute Gasteiger partial charge is 0.369 e. The van der Waals surface area contributed by atoms with Crippen molar-refractivity contribution in [1.82, 2.24) is 10.6 Å². The molecule has 24 heavy (non-hydrogen) atoms. The summed E-state index contributed by atoms with van der Waals surface area (Å²) < 4.78 is 0. The van der Waals surface area contributed by atoms with Gasteiger partial charge in [0, 0.05) is 31.4 Å². The van der Waals surface area contributed by atoms with Crippen molar-refractivity contribution in [2.45, 2.75) is 32.9 Å². The van der Waals surface area contributed by atoms with Crippen LogP contribution in [0.4, 0.5) is 5.69 Å². The van der Waals surface area contributed by atoms with Gasteiger partial charge in [-0.05, 0) is 54.8 Å². The van der Waals surface area contributed by atoms with E-state index in [1.807, 2.05) is 0 Å². The van der Waals surface area contributed by atoms with Gasteiger partial charge in [0.15, 0.2) is 5.96 Å². The van der Waals surface area contributed by atoms with Gasteiger partial charge in [0.05, 0.1) is 6.54 Å². The van der Waals surface area contributed by atoms with Gasteiger partial charge >= 0.3 is 0 Å². The molecule has 128 valence electrons. The van der Waals surface area contributed by atoms with Gasteiger partial charge in [-0.2, -0.15) is 11.3 Å². The standard InChI is InChI=1S/C19H26N4S/c1-3-20-19(21-12-16-9-11-24-14-16)22-17-8-10-23(13-17)18-6-4-15(2)5-7-18/h4-7,9,11,14,17H,3,8,10,12-13H2,1-2H3,(H2,20,21,22). The van der Waals surface area contributed by atoms with Crippen LogP contribution in [0.3, 0.4) is 0 Å². The van der Waals surface area contributed by atoms with Crippen molar-refractivity contribution in [3.05, 3.63) is 52.2 Å². The van der Waals surface area contributed by atoms with Gasteiger partial charge in [0.2, 0.25) is 0 Å². The highest BCUT2D eigenvalue weighted by atomic mass is 32.1. The van der Waals surface area contributed by atoms with Crippen LogP contribution in [0.5, 0.6) is 0 Å². The number of aryl methyl sites for hydroxylation is 1. The van der Waals surface area contributed by atoms with E-state index in [1.54, 1.807) is 11.3 Å². The van der Waals surface area contributed by atoms with E-state index in [4.69, 9.17) is 4.99 Å². The normalized spacial score (nSPS) is 18.0. The molecule has 5 heteroatoms. The minimum absolute atomic E-state index is 0.437. The SMILES string of the molecule is CCNC(=NCc1ccsc1)NC1CCN(c2ccc(C)cc2)C1. The fraction of sp³-hybridized carbons (Fsp3) is 0.421. The van der Waals surface area contributed by atoms with Crippen LogP contribution >= 0.6 is 11.3 Å². The third kappa shape index (κ3) is 4.51. The van der Waals surface area contributed by atoms with Crippen molar-refractivity contribution in [3.8, 4) is 0 Å². The van der Waals surface area contributed by atoms with E-state index >= 15 is 0 Å². The van der Waals surface area contributed by atoms with E-state index in [0.717, 1.165) is 38.6 Å². The molecule has 2 heterocycles. The minimum atomic E-state index is 0.437. The van der Waals surface area contributed by atoms with E-state index in [9.17, 15) is 0 Å². The Morgan fingerprint density at radius 3 is 2.83 bits per heavy atom. The van der Waals surface area contributed by atoms with Crippen LogP contribution in [0.15, 0.2) is 46.1 Å². The predicted molar refractivity (Wildman–Crippen MR) is 104 cm³/mol. The molecular weight excluding hydrogens is 316 g/mol. The molecule has 3 rings (SSSR count). The van der Waals surface area contributed by atoms with Crippen LogP contribution in [0, 0.1) is 6.92 Å². The summed E-state index contributed by atoms with van der Waals surface area (Å²) in [6.45, 7) is 7.95. The van der Waals surface area contributed by atoms with Crippen molar-refractivity contribution < 1.29 is 0 Å². The zero-order chi connectivity index (χ0) is 16.8. The second-order valence-electron chi connectivity index (χ2n) is 6.24. The fourth-order valence-electron chi connectivity index (χ4n) is 2.93. The van der Waals surface area contributed by atoms with Crippen molar-refractivity contribution in [2.75, 3.05) is 24.5 Å². The zero-order valence-corrected chi connectivity index (χ0v) is 15.3. The van der Waals surface area contributed by atoms with Crippen LogP contribution in [-0.4, -0.2) is 31.6 Å². The number of nitrogens with one attached hydrogen (secondary N) is 2. The molecule has 1 fully saturated rings. The molecule has 1 saturated heterocycles. The maximum absolute atomic E-state index is 4.71. The maximum atomic E-state index is 4.71. The number of hydrogen-bond acceptors (Lipinski definition) is 3. The average Bonchev–Trinajstić information content (AvgIpc) is 3.25. The Hall–Kier alpha value is -2.01. The van der Waals surface area contributed by atoms with Crippen molar-refractivity contribution in [3.63, 3.8) is 0 Å². The minimum Gasteiger partial charge on any atom is -0.369 e. The van der Waals surface area contributed by atoms with Gasteiger partial charge in [0.25, 0.3) is 0 Å². The molecule has 0 amide bonds. The van der Waals surface area contributed by atoms with Gasteiger partial charge in [-0.3, -0.25) is 0 Å². The van der Waals surface area contributed by atoms with Gasteiger partial charge in [-0.25, -0.2) is 4.99 Å². The van der Waals surface area contributed by atoms with Gasteiger partial charge in [-0.1, -0.05) is 17.7 Å². The molecule has 0 radical (unpaired) electrons. The number of rotatable bonds is 5. The molecule has 1 aliphatic rings. The number of nitrogens with zero attached hydrogens (tertiary/aromatic N) is 2. The van der Waals surface area contributed by atoms with E-state index in [2.05, 4.69) is 70.5 Å². The highest BCUT2D eigenvalue weighted by molar-refractivity contribution is 7.07. The molecule has 1 aromatic heterocycles. The molecule has 1 unspecified atom stereocenters. The summed E-state index contributed by atoms with van der Waals surface area (Å²) in [6, 6.07) is 11.4. The summed E-state index contributed by atoms with van der Waals surface area (Å²) in [5.74, 6) is 0.916. The number of hydrogen-bond donors (Lipinski definition) is 2. The third-order valence-corrected chi connectivity index (χ3v) is 5.00. The molecule has 0 aliphatic carbocycles. The lowest BCUT2D eigenvalue weighted by Crippen LogP contribution is -2.44. The number of guanidine groups is 1. The van der Waals surface area contributed by atoms with E-state index in [-0.39, 0.29) is 0 Å². The number of thiophene rings is 1. The topological polar surface area (TPSA) is 39.7 Å². The maximum Gasteiger partial charge on any atom is 0.191 e. The summed E-state index contributed by atoms with van der Waals surface area (Å²) in [6.07, 6.45) is 1.14. The lowest BCUT2D eigenvalue weighted by atomic mass is 10.2. The summed E-state index contributed by atoms with van der Waals surface area (Å²) in [7, 11) is 0. The third-order valence-electron chi connectivity index (χ3n) is 4.27. The van der Waals surface area contributed by atoms with Crippen LogP contribution in [0.1, 0.15) is 24.5 Å². The molecular formula is C19H26N4S. The number of benzene rings is 1. The Kier molecular flexibility index (Phi) is 5.75. The first-order chi connectivity index (χ1) is 11.7. The van der Waals surface area contributed by atoms with E-state index in [1.165, 1.54) is 16.8 Å². The first kappa shape index (κ1) is 16.8. The van der Waals surface area contributed by atoms with Gasteiger partial charge in [-0.15, -0.1) is 0 Å². The Labute approximate surface area is 148 Å². The second-order valence-corrected chi connectivity index (χ2v) is 7.02. The molecule has 0 spiro atoms. The smallest absolute Gasteiger partial charge is 0.191 e. The Balaban J connectivity index is 1.57. The number of aliphatic imine (C=N–C) groups is 1. The average molecular weight is 343 g/mol. The quantitative estimate of drug-likeness (QED) is 0.646. The first-order valence-corrected chi connectivity index (χ1v) is 9.56. The molecule has 2 N–H and O–H groups in total. The van der Waals surface area contributed by atoms with Crippen LogP contribution in [-0.2, 0) is 6.54 Å². The van der Waals surface area contributed by atoms with Gasteiger partial charge in [0.1, 0.15) is 0 Å². The first-order valence-electron chi connectivity index (χ1n) is 8.62. The van der Waals surface area contributed by atoms with Crippen molar-refractivity contribution in [2.24, 2.45) is 4.99 Å². The highest BCUT2D eigenvalue weighted by Gasteiger charge is 2.23. The predicted octanol–water partition coefficient (Wildman–Crippen LogP) is 3.39. The summed E-state index contributed by atoms with van der Waals surface area (Å²) in [5.41, 5.74) is 3.89. The van der Waals surface area contributed by atoms with Crippen molar-refractivity contribution >= 4 is 23.0 Å². The molecule has 1 aliphatic heterocycles. The van der Waals surface area contributed by atoms with Crippen molar-refractivity contribution in [1.29, 1.82) is 0 Å². The molecule has 0 saturated carbocycles. The summed E-state index contributed by atoms with van der Waals surface area (Å²) in [4.78, 5) is 7.16. The molecule has 1 atom stereocenters. The summed E-state index contributed by atoms with van der Waals surface area (Å²) in [5, 5.41) is 11.2. The molecule has 2 aromatic rings. The molecule has 1 aromatic carbocycles. The van der Waals surface area contributed by atoms with Crippen LogP contribution in [0.25, 0.3) is 0 Å².